The lowest BCUT2D eigenvalue weighted by atomic mass is 10.2. The number of benzene rings is 1. The second-order valence-corrected chi connectivity index (χ2v) is 3.83. The van der Waals surface area contributed by atoms with Crippen LogP contribution in [0.1, 0.15) is 5.56 Å². The average molecular weight is 248 g/mol. The minimum Gasteiger partial charge on any atom is -0.484 e. The van der Waals surface area contributed by atoms with E-state index >= 15 is 0 Å². The van der Waals surface area contributed by atoms with E-state index in [1.807, 2.05) is 6.07 Å². The normalized spacial score (nSPS) is 18.4. The van der Waals surface area contributed by atoms with Crippen molar-refractivity contribution in [1.82, 2.24) is 5.06 Å². The molecule has 0 unspecified atom stereocenters. The van der Waals surface area contributed by atoms with Crippen molar-refractivity contribution in [3.63, 3.8) is 0 Å². The molecule has 6 nitrogen and oxygen atoms in total. The molecule has 0 aromatic heterocycles. The molecule has 6 heteroatoms. The third-order valence-electron chi connectivity index (χ3n) is 2.42. The van der Waals surface area contributed by atoms with E-state index in [9.17, 15) is 9.90 Å². The third-order valence-corrected chi connectivity index (χ3v) is 2.42. The fourth-order valence-corrected chi connectivity index (χ4v) is 1.49. The fraction of sp³-hybridized carbons (Fsp3) is 0.333. The Morgan fingerprint density at radius 1 is 1.56 bits per heavy atom. The van der Waals surface area contributed by atoms with Crippen LogP contribution in [0.3, 0.4) is 0 Å². The van der Waals surface area contributed by atoms with E-state index < -0.39 is 6.10 Å². The highest BCUT2D eigenvalue weighted by atomic mass is 16.7. The molecule has 94 valence electrons. The monoisotopic (exact) mass is 248 g/mol. The molecule has 1 saturated heterocycles. The van der Waals surface area contributed by atoms with Gasteiger partial charge in [0.25, 0.3) is 5.91 Å². The number of aliphatic hydroxyl groups is 1. The molecule has 1 amide bonds. The van der Waals surface area contributed by atoms with Gasteiger partial charge in [-0.15, -0.1) is 0 Å². The number of nitrogens with zero attached hydrogens (tertiary/aromatic N) is 2. The van der Waals surface area contributed by atoms with Crippen molar-refractivity contribution in [2.75, 3.05) is 19.8 Å². The molecule has 0 spiro atoms. The topological polar surface area (TPSA) is 82.8 Å². The second-order valence-electron chi connectivity index (χ2n) is 3.83. The average Bonchev–Trinajstić information content (AvgIpc) is 2.83. The first-order valence-corrected chi connectivity index (χ1v) is 5.43. The summed E-state index contributed by atoms with van der Waals surface area (Å²) in [6.45, 7) is 0.122. The van der Waals surface area contributed by atoms with Crippen molar-refractivity contribution in [3.8, 4) is 11.8 Å². The van der Waals surface area contributed by atoms with Gasteiger partial charge < -0.3 is 9.84 Å². The number of carbonyl (C=O) groups is 1. The lowest BCUT2D eigenvalue weighted by molar-refractivity contribution is -0.170. The van der Waals surface area contributed by atoms with Crippen molar-refractivity contribution < 1.29 is 19.5 Å². The van der Waals surface area contributed by atoms with Crippen LogP contribution in [-0.2, 0) is 9.63 Å². The van der Waals surface area contributed by atoms with Gasteiger partial charge >= 0.3 is 0 Å². The predicted octanol–water partition coefficient (Wildman–Crippen LogP) is 0.0718. The lowest BCUT2D eigenvalue weighted by Gasteiger charge is -2.14. The Labute approximate surface area is 104 Å². The smallest absolute Gasteiger partial charge is 0.284 e. The molecule has 1 atom stereocenters. The highest BCUT2D eigenvalue weighted by molar-refractivity contribution is 5.76. The number of nitriles is 1. The zero-order chi connectivity index (χ0) is 13.0. The number of rotatable bonds is 3. The van der Waals surface area contributed by atoms with Crippen LogP contribution < -0.4 is 4.74 Å². The minimum absolute atomic E-state index is 0.128. The largest absolute Gasteiger partial charge is 0.484 e. The summed E-state index contributed by atoms with van der Waals surface area (Å²) >= 11 is 0. The van der Waals surface area contributed by atoms with Crippen molar-refractivity contribution in [1.29, 1.82) is 5.26 Å². The second kappa shape index (κ2) is 5.49. The number of hydrogen-bond acceptors (Lipinski definition) is 5. The van der Waals surface area contributed by atoms with E-state index in [1.54, 1.807) is 24.3 Å². The van der Waals surface area contributed by atoms with Crippen LogP contribution in [-0.4, -0.2) is 41.9 Å². The van der Waals surface area contributed by atoms with Gasteiger partial charge in [0.1, 0.15) is 18.5 Å². The standard InChI is InChI=1S/C12H12N2O4/c13-5-9-1-3-11(4-2-9)17-8-12(16)14-6-10(15)7-18-14/h1-4,10,15H,6-8H2/t10-/m0/s1. The molecule has 1 aliphatic heterocycles. The summed E-state index contributed by atoms with van der Waals surface area (Å²) in [6.07, 6.45) is -0.635. The Morgan fingerprint density at radius 2 is 2.28 bits per heavy atom. The Bertz CT molecular complexity index is 466. The van der Waals surface area contributed by atoms with Crippen LogP contribution >= 0.6 is 0 Å². The zero-order valence-corrected chi connectivity index (χ0v) is 9.57. The number of aliphatic hydroxyl groups excluding tert-OH is 1. The van der Waals surface area contributed by atoms with Crippen molar-refractivity contribution in [3.05, 3.63) is 29.8 Å². The van der Waals surface area contributed by atoms with Crippen LogP contribution in [0, 0.1) is 11.3 Å². The summed E-state index contributed by atoms with van der Waals surface area (Å²) in [6, 6.07) is 8.44. The molecule has 1 fully saturated rings. The van der Waals surface area contributed by atoms with Crippen molar-refractivity contribution in [2.24, 2.45) is 0 Å². The van der Waals surface area contributed by atoms with Gasteiger partial charge in [-0.3, -0.25) is 9.63 Å². The fourth-order valence-electron chi connectivity index (χ4n) is 1.49. The maximum absolute atomic E-state index is 11.6. The van der Waals surface area contributed by atoms with Gasteiger partial charge in [-0.1, -0.05) is 0 Å². The number of carbonyl (C=O) groups excluding carboxylic acids is 1. The first kappa shape index (κ1) is 12.4. The summed E-state index contributed by atoms with van der Waals surface area (Å²) in [5.74, 6) is 0.151. The van der Waals surface area contributed by atoms with Gasteiger partial charge in [0.05, 0.1) is 18.2 Å². The summed E-state index contributed by atoms with van der Waals surface area (Å²) in [7, 11) is 0. The van der Waals surface area contributed by atoms with E-state index in [-0.39, 0.29) is 25.7 Å². The van der Waals surface area contributed by atoms with E-state index in [4.69, 9.17) is 14.8 Å². The van der Waals surface area contributed by atoms with Crippen LogP contribution in [0.4, 0.5) is 0 Å². The molecular weight excluding hydrogens is 236 g/mol. The maximum atomic E-state index is 11.6. The summed E-state index contributed by atoms with van der Waals surface area (Å²) in [5.41, 5.74) is 0.527. The molecule has 1 heterocycles. The van der Waals surface area contributed by atoms with E-state index in [1.165, 1.54) is 0 Å². The van der Waals surface area contributed by atoms with E-state index in [2.05, 4.69) is 0 Å². The number of ether oxygens (including phenoxy) is 1. The lowest BCUT2D eigenvalue weighted by Crippen LogP contribution is -2.32. The summed E-state index contributed by atoms with van der Waals surface area (Å²) in [5, 5.41) is 18.9. The Hall–Kier alpha value is -2.10. The van der Waals surface area contributed by atoms with Gasteiger partial charge in [0.15, 0.2) is 6.61 Å². The molecule has 0 aliphatic carbocycles. The van der Waals surface area contributed by atoms with Crippen LogP contribution in [0.15, 0.2) is 24.3 Å². The van der Waals surface area contributed by atoms with E-state index in [0.29, 0.717) is 11.3 Å². The summed E-state index contributed by atoms with van der Waals surface area (Å²) < 4.78 is 5.25. The molecule has 2 rings (SSSR count). The highest BCUT2D eigenvalue weighted by Crippen LogP contribution is 2.12. The number of hydroxylamine groups is 2. The highest BCUT2D eigenvalue weighted by Gasteiger charge is 2.26. The Kier molecular flexibility index (Phi) is 3.77. The molecule has 1 aromatic rings. The van der Waals surface area contributed by atoms with Gasteiger partial charge in [-0.05, 0) is 24.3 Å². The summed E-state index contributed by atoms with van der Waals surface area (Å²) in [4.78, 5) is 16.6. The van der Waals surface area contributed by atoms with Gasteiger partial charge in [-0.2, -0.15) is 5.26 Å². The number of β-amino-alcohol motifs (C(OH)–C–C–N with tert-alkyl or cyclic N) is 1. The first-order chi connectivity index (χ1) is 8.69. The number of amides is 1. The molecule has 1 aromatic carbocycles. The zero-order valence-electron chi connectivity index (χ0n) is 9.57. The molecular formula is C12H12N2O4. The van der Waals surface area contributed by atoms with Crippen molar-refractivity contribution >= 4 is 5.91 Å². The molecule has 0 bridgehead atoms. The first-order valence-electron chi connectivity index (χ1n) is 5.43. The van der Waals surface area contributed by atoms with Crippen molar-refractivity contribution in [2.45, 2.75) is 6.10 Å². The molecule has 0 saturated carbocycles. The Morgan fingerprint density at radius 3 is 2.83 bits per heavy atom. The SMILES string of the molecule is N#Cc1ccc(OCC(=O)N2C[C@H](O)CO2)cc1. The molecule has 1 aliphatic rings. The molecule has 18 heavy (non-hydrogen) atoms. The van der Waals surface area contributed by atoms with Gasteiger partial charge in [-0.25, -0.2) is 5.06 Å². The minimum atomic E-state index is -0.635. The maximum Gasteiger partial charge on any atom is 0.284 e. The third kappa shape index (κ3) is 2.97. The van der Waals surface area contributed by atoms with Crippen LogP contribution in [0.2, 0.25) is 0 Å². The molecule has 0 radical (unpaired) electrons. The predicted molar refractivity (Wildman–Crippen MR) is 60.3 cm³/mol. The van der Waals surface area contributed by atoms with Gasteiger partial charge in [0.2, 0.25) is 0 Å². The van der Waals surface area contributed by atoms with Gasteiger partial charge in [0, 0.05) is 0 Å². The van der Waals surface area contributed by atoms with Crippen LogP contribution in [0.25, 0.3) is 0 Å². The quantitative estimate of drug-likeness (QED) is 0.818. The Balaban J connectivity index is 1.84. The molecule has 1 N–H and O–H groups in total. The number of hydrogen-bond donors (Lipinski definition) is 1. The van der Waals surface area contributed by atoms with E-state index in [0.717, 1.165) is 5.06 Å². The van der Waals surface area contributed by atoms with Crippen LogP contribution in [0.5, 0.6) is 5.75 Å².